The smallest absolute Gasteiger partial charge is 0.210 e. The van der Waals surface area contributed by atoms with Crippen LogP contribution in [0.1, 0.15) is 26.2 Å². The number of allylic oxidation sites excluding steroid dienone is 1. The first-order valence-electron chi connectivity index (χ1n) is 11.4. The number of carbonyl (C=O) groups excluding carboxylic acids is 1. The van der Waals surface area contributed by atoms with Crippen LogP contribution in [0.4, 0.5) is 4.39 Å². The largest absolute Gasteiger partial charge is 0.395 e. The summed E-state index contributed by atoms with van der Waals surface area (Å²) in [6.45, 7) is 13.2. The van der Waals surface area contributed by atoms with Crippen molar-refractivity contribution >= 4 is 6.41 Å². The lowest BCUT2D eigenvalue weighted by Gasteiger charge is -2.35. The van der Waals surface area contributed by atoms with E-state index in [1.165, 1.54) is 17.7 Å². The summed E-state index contributed by atoms with van der Waals surface area (Å²) in [5, 5.41) is 17.8. The second kappa shape index (κ2) is 17.2. The molecule has 7 heteroatoms. The molecular weight excluding hydrogens is 423 g/mol. The van der Waals surface area contributed by atoms with Crippen LogP contribution < -0.4 is 0 Å². The van der Waals surface area contributed by atoms with Crippen molar-refractivity contribution in [1.29, 1.82) is 0 Å². The zero-order valence-electron chi connectivity index (χ0n) is 19.7. The standard InChI is InChI=1S/C10H21NO3.C10H13NO.C6H5F/c1-9-2-3-10(8-14-9)11(4-6-12)5-7-13;1-3-9-5-6-11(8-12)7-10(9)4-2;7-6-4-2-1-3-5-6/h9-10,12-13H,2-8H2,1H3;3-4,8H,1-2,5-7H2;1-5H. The highest BCUT2D eigenvalue weighted by molar-refractivity contribution is 5.50. The molecule has 1 amide bonds. The van der Waals surface area contributed by atoms with Crippen molar-refractivity contribution in [2.24, 2.45) is 0 Å². The third-order valence-electron chi connectivity index (χ3n) is 5.60. The monoisotopic (exact) mass is 462 g/mol. The Hall–Kier alpha value is -2.32. The van der Waals surface area contributed by atoms with Crippen LogP contribution in [0.5, 0.6) is 0 Å². The minimum absolute atomic E-state index is 0.145. The maximum absolute atomic E-state index is 11.9. The first-order valence-corrected chi connectivity index (χ1v) is 11.4. The molecule has 0 saturated carbocycles. The third-order valence-corrected chi connectivity index (χ3v) is 5.60. The van der Waals surface area contributed by atoms with Gasteiger partial charge in [-0.2, -0.15) is 0 Å². The Bertz CT molecular complexity index is 712. The van der Waals surface area contributed by atoms with Crippen LogP contribution in [0.3, 0.4) is 0 Å². The van der Waals surface area contributed by atoms with Gasteiger partial charge in [-0.15, -0.1) is 0 Å². The van der Waals surface area contributed by atoms with Gasteiger partial charge in [0.25, 0.3) is 0 Å². The maximum Gasteiger partial charge on any atom is 0.210 e. The van der Waals surface area contributed by atoms with Gasteiger partial charge in [0.15, 0.2) is 0 Å². The summed E-state index contributed by atoms with van der Waals surface area (Å²) in [4.78, 5) is 14.3. The molecule has 0 spiro atoms. The zero-order chi connectivity index (χ0) is 24.5. The molecule has 33 heavy (non-hydrogen) atoms. The fourth-order valence-corrected chi connectivity index (χ4v) is 3.65. The molecule has 1 aromatic carbocycles. The fraction of sp³-hybridized carbons (Fsp3) is 0.500. The lowest BCUT2D eigenvalue weighted by Crippen LogP contribution is -2.45. The molecule has 0 aromatic heterocycles. The molecule has 1 aromatic rings. The van der Waals surface area contributed by atoms with Crippen molar-refractivity contribution in [2.45, 2.75) is 38.3 Å². The Morgan fingerprint density at radius 3 is 2.18 bits per heavy atom. The van der Waals surface area contributed by atoms with Crippen LogP contribution >= 0.6 is 0 Å². The van der Waals surface area contributed by atoms with Gasteiger partial charge in [0.2, 0.25) is 6.41 Å². The summed E-state index contributed by atoms with van der Waals surface area (Å²) < 4.78 is 17.5. The molecule has 1 saturated heterocycles. The lowest BCUT2D eigenvalue weighted by molar-refractivity contribution is -0.117. The highest BCUT2D eigenvalue weighted by Crippen LogP contribution is 2.18. The van der Waals surface area contributed by atoms with Gasteiger partial charge in [-0.3, -0.25) is 9.69 Å². The van der Waals surface area contributed by atoms with Crippen molar-refractivity contribution in [3.8, 4) is 0 Å². The average molecular weight is 463 g/mol. The SMILES string of the molecule is C=CC1=C(C=C)CN(C=O)CC1.CC1CCC(N(CCO)CCO)CO1.Fc1ccccc1. The average Bonchev–Trinajstić information content (AvgIpc) is 2.85. The Kier molecular flexibility index (Phi) is 15.0. The number of amides is 1. The van der Waals surface area contributed by atoms with E-state index in [-0.39, 0.29) is 19.0 Å². The molecule has 2 N–H and O–H groups in total. The summed E-state index contributed by atoms with van der Waals surface area (Å²) >= 11 is 0. The molecular formula is C26H39FN2O4. The maximum atomic E-state index is 11.9. The number of benzene rings is 1. The quantitative estimate of drug-likeness (QED) is 0.581. The Labute approximate surface area is 197 Å². The number of rotatable bonds is 8. The number of aliphatic hydroxyl groups is 2. The van der Waals surface area contributed by atoms with Crippen molar-refractivity contribution < 1.29 is 24.1 Å². The fourth-order valence-electron chi connectivity index (χ4n) is 3.65. The van der Waals surface area contributed by atoms with Gasteiger partial charge in [-0.05, 0) is 49.5 Å². The number of hydrogen-bond acceptors (Lipinski definition) is 5. The van der Waals surface area contributed by atoms with E-state index in [1.807, 2.05) is 6.08 Å². The Morgan fingerprint density at radius 1 is 1.12 bits per heavy atom. The van der Waals surface area contributed by atoms with Crippen LogP contribution in [0.15, 0.2) is 66.8 Å². The Balaban J connectivity index is 0.000000260. The number of ether oxygens (including phenoxy) is 1. The molecule has 2 heterocycles. The molecule has 1 fully saturated rings. The molecule has 6 nitrogen and oxygen atoms in total. The minimum atomic E-state index is -0.178. The number of nitrogens with zero attached hydrogens (tertiary/aromatic N) is 2. The van der Waals surface area contributed by atoms with Gasteiger partial charge in [0, 0.05) is 32.2 Å². The van der Waals surface area contributed by atoms with Crippen molar-refractivity contribution in [1.82, 2.24) is 9.80 Å². The van der Waals surface area contributed by atoms with E-state index in [2.05, 4.69) is 25.0 Å². The zero-order valence-corrected chi connectivity index (χ0v) is 19.7. The molecule has 2 unspecified atom stereocenters. The first-order chi connectivity index (χ1) is 16.0. The second-order valence-electron chi connectivity index (χ2n) is 7.94. The predicted molar refractivity (Wildman–Crippen MR) is 130 cm³/mol. The van der Waals surface area contributed by atoms with E-state index in [0.717, 1.165) is 44.4 Å². The summed E-state index contributed by atoms with van der Waals surface area (Å²) in [6.07, 6.45) is 7.94. The first kappa shape index (κ1) is 28.7. The molecule has 2 aliphatic rings. The van der Waals surface area contributed by atoms with Crippen LogP contribution in [0.25, 0.3) is 0 Å². The van der Waals surface area contributed by atoms with Crippen molar-refractivity contribution in [3.63, 3.8) is 0 Å². The van der Waals surface area contributed by atoms with E-state index in [9.17, 15) is 9.18 Å². The summed E-state index contributed by atoms with van der Waals surface area (Å²) in [5.41, 5.74) is 2.33. The predicted octanol–water partition coefficient (Wildman–Crippen LogP) is 3.18. The lowest BCUT2D eigenvalue weighted by atomic mass is 10.0. The molecule has 2 aliphatic heterocycles. The second-order valence-corrected chi connectivity index (χ2v) is 7.94. The molecule has 0 bridgehead atoms. The summed E-state index contributed by atoms with van der Waals surface area (Å²) in [7, 11) is 0. The molecule has 0 aliphatic carbocycles. The van der Waals surface area contributed by atoms with Gasteiger partial charge in [-0.1, -0.05) is 43.5 Å². The van der Waals surface area contributed by atoms with Crippen molar-refractivity contribution in [3.05, 3.63) is 72.6 Å². The van der Waals surface area contributed by atoms with E-state index in [1.54, 1.807) is 29.2 Å². The number of carbonyl (C=O) groups is 1. The molecule has 184 valence electrons. The highest BCUT2D eigenvalue weighted by Gasteiger charge is 2.23. The number of halogens is 1. The van der Waals surface area contributed by atoms with Crippen LogP contribution in [-0.4, -0.2) is 84.6 Å². The van der Waals surface area contributed by atoms with Gasteiger partial charge >= 0.3 is 0 Å². The van der Waals surface area contributed by atoms with Gasteiger partial charge < -0.3 is 19.8 Å². The molecule has 0 radical (unpaired) electrons. The third kappa shape index (κ3) is 11.4. The highest BCUT2D eigenvalue weighted by atomic mass is 19.1. The van der Waals surface area contributed by atoms with E-state index >= 15 is 0 Å². The van der Waals surface area contributed by atoms with Crippen LogP contribution in [0.2, 0.25) is 0 Å². The van der Waals surface area contributed by atoms with Gasteiger partial charge in [0.1, 0.15) is 5.82 Å². The molecule has 3 rings (SSSR count). The summed E-state index contributed by atoms with van der Waals surface area (Å²) in [5.74, 6) is -0.178. The topological polar surface area (TPSA) is 73.2 Å². The van der Waals surface area contributed by atoms with Crippen LogP contribution in [-0.2, 0) is 9.53 Å². The van der Waals surface area contributed by atoms with E-state index in [4.69, 9.17) is 14.9 Å². The number of aliphatic hydroxyl groups excluding tert-OH is 2. The van der Waals surface area contributed by atoms with E-state index in [0.29, 0.717) is 31.8 Å². The molecule has 2 atom stereocenters. The van der Waals surface area contributed by atoms with Crippen LogP contribution in [0, 0.1) is 5.82 Å². The van der Waals surface area contributed by atoms with Crippen molar-refractivity contribution in [2.75, 3.05) is 46.0 Å². The minimum Gasteiger partial charge on any atom is -0.395 e. The van der Waals surface area contributed by atoms with E-state index < -0.39 is 0 Å². The van der Waals surface area contributed by atoms with Gasteiger partial charge in [-0.25, -0.2) is 4.39 Å². The van der Waals surface area contributed by atoms with Gasteiger partial charge in [0.05, 0.1) is 25.9 Å². The number of hydrogen-bond donors (Lipinski definition) is 2. The summed E-state index contributed by atoms with van der Waals surface area (Å²) in [6, 6.07) is 8.30. The normalized spacial score (nSPS) is 20.2. The Morgan fingerprint density at radius 2 is 1.76 bits per heavy atom.